The minimum atomic E-state index is 0.749. The van der Waals surface area contributed by atoms with Crippen LogP contribution in [0.25, 0.3) is 10.9 Å². The van der Waals surface area contributed by atoms with E-state index in [1.54, 1.807) is 0 Å². The molecule has 0 saturated carbocycles. The summed E-state index contributed by atoms with van der Waals surface area (Å²) in [5.41, 5.74) is 9.13. The van der Waals surface area contributed by atoms with Gasteiger partial charge in [0.1, 0.15) is 0 Å². The Morgan fingerprint density at radius 1 is 1.40 bits per heavy atom. The zero-order valence-corrected chi connectivity index (χ0v) is 9.33. The summed E-state index contributed by atoms with van der Waals surface area (Å²) < 4.78 is 1.93. The summed E-state index contributed by atoms with van der Waals surface area (Å²) in [7, 11) is 1.98. The zero-order valence-electron chi connectivity index (χ0n) is 9.33. The number of nitrogens with zero attached hydrogens (tertiary/aromatic N) is 2. The highest BCUT2D eigenvalue weighted by atomic mass is 15.3. The molecule has 0 spiro atoms. The summed E-state index contributed by atoms with van der Waals surface area (Å²) in [5.74, 6) is 0. The summed E-state index contributed by atoms with van der Waals surface area (Å²) >= 11 is 0. The predicted octanol–water partition coefficient (Wildman–Crippen LogP) is 1.77. The van der Waals surface area contributed by atoms with Crippen LogP contribution in [0.15, 0.2) is 18.2 Å². The van der Waals surface area contributed by atoms with E-state index in [1.807, 2.05) is 11.7 Å². The summed E-state index contributed by atoms with van der Waals surface area (Å²) in [6, 6.07) is 6.49. The van der Waals surface area contributed by atoms with Gasteiger partial charge < -0.3 is 5.73 Å². The maximum Gasteiger partial charge on any atom is 0.0928 e. The first kappa shape index (κ1) is 10.2. The zero-order chi connectivity index (χ0) is 10.8. The standard InChI is InChI=1S/C12H17N3/c1-9-11-6-5-10(4-3-7-13)8-12(11)14-15(9)2/h5-6,8H,3-4,7,13H2,1-2H3. The average Bonchev–Trinajstić information content (AvgIpc) is 2.52. The first-order valence-electron chi connectivity index (χ1n) is 5.34. The molecule has 1 aromatic heterocycles. The van der Waals surface area contributed by atoms with E-state index < -0.39 is 0 Å². The Bertz CT molecular complexity index is 471. The summed E-state index contributed by atoms with van der Waals surface area (Å²) in [5, 5.41) is 5.71. The van der Waals surface area contributed by atoms with Gasteiger partial charge in [-0.2, -0.15) is 5.10 Å². The Morgan fingerprint density at radius 2 is 2.20 bits per heavy atom. The molecular formula is C12H17N3. The summed E-state index contributed by atoms with van der Waals surface area (Å²) in [6.07, 6.45) is 2.08. The van der Waals surface area contributed by atoms with Crippen molar-refractivity contribution >= 4 is 10.9 Å². The molecule has 0 saturated heterocycles. The first-order chi connectivity index (χ1) is 7.22. The maximum absolute atomic E-state index is 5.50. The van der Waals surface area contributed by atoms with E-state index in [0.717, 1.165) is 24.9 Å². The van der Waals surface area contributed by atoms with Crippen LogP contribution in [0.5, 0.6) is 0 Å². The highest BCUT2D eigenvalue weighted by Crippen LogP contribution is 2.18. The molecule has 2 rings (SSSR count). The molecule has 80 valence electrons. The van der Waals surface area contributed by atoms with Crippen molar-refractivity contribution < 1.29 is 0 Å². The van der Waals surface area contributed by atoms with Gasteiger partial charge in [0.25, 0.3) is 0 Å². The van der Waals surface area contributed by atoms with Crippen LogP contribution in [0.3, 0.4) is 0 Å². The molecule has 0 atom stereocenters. The van der Waals surface area contributed by atoms with E-state index in [9.17, 15) is 0 Å². The van der Waals surface area contributed by atoms with Gasteiger partial charge in [-0.25, -0.2) is 0 Å². The van der Waals surface area contributed by atoms with Gasteiger partial charge in [0, 0.05) is 18.1 Å². The van der Waals surface area contributed by atoms with Crippen LogP contribution in [-0.4, -0.2) is 16.3 Å². The molecule has 0 unspecified atom stereocenters. The largest absolute Gasteiger partial charge is 0.330 e. The average molecular weight is 203 g/mol. The van der Waals surface area contributed by atoms with Crippen LogP contribution >= 0.6 is 0 Å². The van der Waals surface area contributed by atoms with Crippen LogP contribution in [0.2, 0.25) is 0 Å². The molecule has 0 amide bonds. The number of nitrogens with two attached hydrogens (primary N) is 1. The monoisotopic (exact) mass is 203 g/mol. The van der Waals surface area contributed by atoms with Crippen LogP contribution in [0.4, 0.5) is 0 Å². The number of aryl methyl sites for hydroxylation is 3. The van der Waals surface area contributed by atoms with E-state index in [1.165, 1.54) is 16.6 Å². The topological polar surface area (TPSA) is 43.8 Å². The minimum Gasteiger partial charge on any atom is -0.330 e. The molecular weight excluding hydrogens is 186 g/mol. The lowest BCUT2D eigenvalue weighted by molar-refractivity contribution is 0.751. The van der Waals surface area contributed by atoms with Crippen molar-refractivity contribution in [2.45, 2.75) is 19.8 Å². The lowest BCUT2D eigenvalue weighted by Gasteiger charge is -1.99. The van der Waals surface area contributed by atoms with Crippen LogP contribution < -0.4 is 5.73 Å². The van der Waals surface area contributed by atoms with E-state index in [-0.39, 0.29) is 0 Å². The Morgan fingerprint density at radius 3 is 2.93 bits per heavy atom. The molecule has 0 aliphatic carbocycles. The molecule has 3 nitrogen and oxygen atoms in total. The van der Waals surface area contributed by atoms with Crippen molar-refractivity contribution in [3.63, 3.8) is 0 Å². The second kappa shape index (κ2) is 4.03. The van der Waals surface area contributed by atoms with Gasteiger partial charge in [-0.1, -0.05) is 12.1 Å². The Hall–Kier alpha value is -1.35. The van der Waals surface area contributed by atoms with Gasteiger partial charge >= 0.3 is 0 Å². The third-order valence-corrected chi connectivity index (χ3v) is 2.86. The van der Waals surface area contributed by atoms with Gasteiger partial charge in [-0.3, -0.25) is 4.68 Å². The van der Waals surface area contributed by atoms with Gasteiger partial charge in [0.2, 0.25) is 0 Å². The number of hydrogen-bond acceptors (Lipinski definition) is 2. The van der Waals surface area contributed by atoms with E-state index >= 15 is 0 Å². The lowest BCUT2D eigenvalue weighted by atomic mass is 10.1. The molecule has 0 fully saturated rings. The molecule has 1 heterocycles. The fourth-order valence-corrected chi connectivity index (χ4v) is 1.84. The number of benzene rings is 1. The highest BCUT2D eigenvalue weighted by Gasteiger charge is 2.04. The lowest BCUT2D eigenvalue weighted by Crippen LogP contribution is -2.00. The van der Waals surface area contributed by atoms with Gasteiger partial charge in [0.15, 0.2) is 0 Å². The smallest absolute Gasteiger partial charge is 0.0928 e. The summed E-state index contributed by atoms with van der Waals surface area (Å²) in [4.78, 5) is 0. The second-order valence-corrected chi connectivity index (χ2v) is 3.95. The van der Waals surface area contributed by atoms with E-state index in [4.69, 9.17) is 5.73 Å². The number of fused-ring (bicyclic) bond motifs is 1. The van der Waals surface area contributed by atoms with E-state index in [2.05, 4.69) is 30.2 Å². The van der Waals surface area contributed by atoms with Crippen LogP contribution in [0, 0.1) is 6.92 Å². The highest BCUT2D eigenvalue weighted by molar-refractivity contribution is 5.81. The molecule has 2 N–H and O–H groups in total. The molecule has 0 aliphatic rings. The molecule has 0 radical (unpaired) electrons. The molecule has 3 heteroatoms. The van der Waals surface area contributed by atoms with Crippen molar-refractivity contribution in [1.29, 1.82) is 0 Å². The third kappa shape index (κ3) is 1.88. The van der Waals surface area contributed by atoms with Crippen molar-refractivity contribution in [3.8, 4) is 0 Å². The van der Waals surface area contributed by atoms with Gasteiger partial charge in [-0.15, -0.1) is 0 Å². The molecule has 2 aromatic rings. The van der Waals surface area contributed by atoms with E-state index in [0.29, 0.717) is 0 Å². The van der Waals surface area contributed by atoms with Crippen LogP contribution in [-0.2, 0) is 13.5 Å². The van der Waals surface area contributed by atoms with Crippen molar-refractivity contribution in [1.82, 2.24) is 9.78 Å². The Labute approximate surface area is 89.9 Å². The number of rotatable bonds is 3. The quantitative estimate of drug-likeness (QED) is 0.826. The Kier molecular flexibility index (Phi) is 2.73. The number of aromatic nitrogens is 2. The fourth-order valence-electron chi connectivity index (χ4n) is 1.84. The fraction of sp³-hybridized carbons (Fsp3) is 0.417. The second-order valence-electron chi connectivity index (χ2n) is 3.95. The normalized spacial score (nSPS) is 11.1. The summed E-state index contributed by atoms with van der Waals surface area (Å²) in [6.45, 7) is 2.84. The van der Waals surface area contributed by atoms with Crippen molar-refractivity contribution in [2.24, 2.45) is 12.8 Å². The predicted molar refractivity (Wildman–Crippen MR) is 62.8 cm³/mol. The van der Waals surface area contributed by atoms with Crippen molar-refractivity contribution in [2.75, 3.05) is 6.54 Å². The van der Waals surface area contributed by atoms with Crippen LogP contribution in [0.1, 0.15) is 17.7 Å². The minimum absolute atomic E-state index is 0.749. The van der Waals surface area contributed by atoms with Gasteiger partial charge in [0.05, 0.1) is 5.52 Å². The SMILES string of the molecule is Cc1c2ccc(CCCN)cc2nn1C. The number of hydrogen-bond donors (Lipinski definition) is 1. The Balaban J connectivity index is 2.39. The van der Waals surface area contributed by atoms with Gasteiger partial charge in [-0.05, 0) is 37.9 Å². The molecule has 0 bridgehead atoms. The third-order valence-electron chi connectivity index (χ3n) is 2.86. The molecule has 15 heavy (non-hydrogen) atoms. The maximum atomic E-state index is 5.50. The first-order valence-corrected chi connectivity index (χ1v) is 5.34. The van der Waals surface area contributed by atoms with Crippen molar-refractivity contribution in [3.05, 3.63) is 29.5 Å². The molecule has 0 aliphatic heterocycles. The molecule has 1 aromatic carbocycles.